The van der Waals surface area contributed by atoms with Gasteiger partial charge in [-0.3, -0.25) is 4.79 Å². The van der Waals surface area contributed by atoms with Gasteiger partial charge in [0.25, 0.3) is 5.91 Å². The molecule has 0 fully saturated rings. The molecule has 0 aliphatic heterocycles. The minimum Gasteiger partial charge on any atom is -0.465 e. The van der Waals surface area contributed by atoms with Gasteiger partial charge in [-0.1, -0.05) is 24.3 Å². The maximum atomic E-state index is 12.3. The Kier molecular flexibility index (Phi) is 6.38. The number of methoxy groups -OCH3 is 1. The smallest absolute Gasteiger partial charge is 0.337 e. The number of hydrogen-bond donors (Lipinski definition) is 2. The summed E-state index contributed by atoms with van der Waals surface area (Å²) in [7, 11) is 3.35. The number of amides is 1. The number of quaternary nitrogens is 1. The number of hydrogen-bond acceptors (Lipinski definition) is 5. The summed E-state index contributed by atoms with van der Waals surface area (Å²) >= 11 is 1.68. The third-order valence-corrected chi connectivity index (χ3v) is 5.94. The highest BCUT2D eigenvalue weighted by Crippen LogP contribution is 2.24. The molecule has 2 N–H and O–H groups in total. The van der Waals surface area contributed by atoms with E-state index in [1.54, 1.807) is 23.5 Å². The van der Waals surface area contributed by atoms with E-state index in [0.717, 1.165) is 25.7 Å². The fourth-order valence-corrected chi connectivity index (χ4v) is 3.94. The van der Waals surface area contributed by atoms with Crippen LogP contribution in [0.25, 0.3) is 10.2 Å². The molecule has 2 atom stereocenters. The number of rotatable bonds is 7. The van der Waals surface area contributed by atoms with Crippen LogP contribution in [0.2, 0.25) is 0 Å². The van der Waals surface area contributed by atoms with Crippen LogP contribution in [0.5, 0.6) is 0 Å². The Hall–Kier alpha value is -2.77. The number of thiazole rings is 1. The van der Waals surface area contributed by atoms with Gasteiger partial charge in [-0.2, -0.15) is 0 Å². The van der Waals surface area contributed by atoms with Gasteiger partial charge in [0.15, 0.2) is 11.6 Å². The van der Waals surface area contributed by atoms with E-state index in [-0.39, 0.29) is 17.9 Å². The first-order valence-electron chi connectivity index (χ1n) is 9.09. The molecule has 0 spiro atoms. The van der Waals surface area contributed by atoms with E-state index in [4.69, 9.17) is 4.98 Å². The molecule has 2 aromatic carbocycles. The Balaban J connectivity index is 1.53. The molecule has 7 heteroatoms. The van der Waals surface area contributed by atoms with Crippen molar-refractivity contribution in [2.75, 3.05) is 20.7 Å². The van der Waals surface area contributed by atoms with Crippen molar-refractivity contribution in [3.63, 3.8) is 0 Å². The van der Waals surface area contributed by atoms with E-state index < -0.39 is 0 Å². The molecule has 146 valence electrons. The fraction of sp³-hybridized carbons (Fsp3) is 0.286. The monoisotopic (exact) mass is 398 g/mol. The first-order valence-corrected chi connectivity index (χ1v) is 9.91. The number of nitrogens with zero attached hydrogens (tertiary/aromatic N) is 1. The average Bonchev–Trinajstić information content (AvgIpc) is 3.15. The molecule has 0 radical (unpaired) electrons. The molecule has 0 aliphatic rings. The van der Waals surface area contributed by atoms with Gasteiger partial charge in [-0.25, -0.2) is 9.78 Å². The quantitative estimate of drug-likeness (QED) is 0.597. The Morgan fingerprint density at radius 3 is 2.57 bits per heavy atom. The first-order chi connectivity index (χ1) is 13.5. The summed E-state index contributed by atoms with van der Waals surface area (Å²) in [5.41, 5.74) is 2.42. The second kappa shape index (κ2) is 8.95. The average molecular weight is 399 g/mol. The minimum absolute atomic E-state index is 0.0255. The summed E-state index contributed by atoms with van der Waals surface area (Å²) in [6, 6.07) is 15.2. The van der Waals surface area contributed by atoms with Crippen molar-refractivity contribution >= 4 is 33.4 Å². The standard InChI is InChI=1S/C21H23N3O3S/c1-14(20-23-17-6-4-5-7-18(17)28-20)24(2)13-19(25)22-12-15-8-10-16(11-9-15)21(26)27-3/h4-11,14H,12-13H2,1-3H3,(H,22,25)/p+1/t14-/m1/s1. The summed E-state index contributed by atoms with van der Waals surface area (Å²) < 4.78 is 5.84. The molecule has 0 aliphatic carbocycles. The molecule has 1 heterocycles. The number of aromatic nitrogens is 1. The van der Waals surface area contributed by atoms with Gasteiger partial charge in [0.05, 0.1) is 29.9 Å². The summed E-state index contributed by atoms with van der Waals surface area (Å²) in [5.74, 6) is -0.396. The zero-order valence-corrected chi connectivity index (χ0v) is 17.0. The van der Waals surface area contributed by atoms with Gasteiger partial charge in [0.2, 0.25) is 0 Å². The van der Waals surface area contributed by atoms with Crippen molar-refractivity contribution in [3.05, 3.63) is 64.7 Å². The molecule has 1 amide bonds. The van der Waals surface area contributed by atoms with Crippen molar-refractivity contribution in [1.29, 1.82) is 0 Å². The minimum atomic E-state index is -0.371. The van der Waals surface area contributed by atoms with E-state index in [1.165, 1.54) is 7.11 Å². The number of esters is 1. The lowest BCUT2D eigenvalue weighted by atomic mass is 10.1. The second-order valence-corrected chi connectivity index (χ2v) is 7.79. The summed E-state index contributed by atoms with van der Waals surface area (Å²) in [6.07, 6.45) is 0. The highest BCUT2D eigenvalue weighted by molar-refractivity contribution is 7.18. The summed E-state index contributed by atoms with van der Waals surface area (Å²) in [4.78, 5) is 29.6. The van der Waals surface area contributed by atoms with Crippen LogP contribution in [0.15, 0.2) is 48.5 Å². The molecule has 0 saturated carbocycles. The normalized spacial score (nSPS) is 13.1. The van der Waals surface area contributed by atoms with Crippen LogP contribution in [0.4, 0.5) is 0 Å². The summed E-state index contributed by atoms with van der Waals surface area (Å²) in [5, 5.41) is 3.96. The number of para-hydroxylation sites is 1. The third kappa shape index (κ3) is 4.74. The zero-order chi connectivity index (χ0) is 20.1. The number of likely N-dealkylation sites (N-methyl/N-ethyl adjacent to an activating group) is 1. The Bertz CT molecular complexity index is 935. The van der Waals surface area contributed by atoms with Gasteiger partial charge in [-0.05, 0) is 36.8 Å². The number of ether oxygens (including phenoxy) is 1. The molecule has 3 aromatic rings. The Morgan fingerprint density at radius 1 is 1.18 bits per heavy atom. The molecular weight excluding hydrogens is 374 g/mol. The molecule has 6 nitrogen and oxygen atoms in total. The fourth-order valence-electron chi connectivity index (χ4n) is 2.83. The van der Waals surface area contributed by atoms with Crippen LogP contribution in [0, 0.1) is 0 Å². The Labute approximate surface area is 168 Å². The van der Waals surface area contributed by atoms with Gasteiger partial charge in [0, 0.05) is 6.54 Å². The molecule has 3 rings (SSSR count). The highest BCUT2D eigenvalue weighted by atomic mass is 32.1. The SMILES string of the molecule is COC(=O)c1ccc(CNC(=O)C[NH+](C)[C@H](C)c2nc3ccccc3s2)cc1. The van der Waals surface area contributed by atoms with Crippen molar-refractivity contribution < 1.29 is 19.2 Å². The maximum Gasteiger partial charge on any atom is 0.337 e. The number of nitrogens with one attached hydrogen (secondary N) is 2. The van der Waals surface area contributed by atoms with E-state index in [2.05, 4.69) is 23.0 Å². The zero-order valence-electron chi connectivity index (χ0n) is 16.2. The molecule has 0 saturated heterocycles. The van der Waals surface area contributed by atoms with Crippen molar-refractivity contribution in [3.8, 4) is 0 Å². The maximum absolute atomic E-state index is 12.3. The van der Waals surface area contributed by atoms with Crippen molar-refractivity contribution in [2.24, 2.45) is 0 Å². The van der Waals surface area contributed by atoms with Crippen LogP contribution < -0.4 is 10.2 Å². The number of carbonyl (C=O) groups excluding carboxylic acids is 2. The van der Waals surface area contributed by atoms with Crippen LogP contribution >= 0.6 is 11.3 Å². The summed E-state index contributed by atoms with van der Waals surface area (Å²) in [6.45, 7) is 2.87. The number of fused-ring (bicyclic) bond motifs is 1. The van der Waals surface area contributed by atoms with Crippen LogP contribution in [-0.2, 0) is 16.1 Å². The van der Waals surface area contributed by atoms with Gasteiger partial charge >= 0.3 is 5.97 Å². The predicted octanol–water partition coefficient (Wildman–Crippen LogP) is 1.98. The lowest BCUT2D eigenvalue weighted by molar-refractivity contribution is -0.902. The van der Waals surface area contributed by atoms with Gasteiger partial charge in [-0.15, -0.1) is 11.3 Å². The Morgan fingerprint density at radius 2 is 1.89 bits per heavy atom. The van der Waals surface area contributed by atoms with Gasteiger partial charge in [0.1, 0.15) is 6.04 Å². The first kappa shape index (κ1) is 20.0. The highest BCUT2D eigenvalue weighted by Gasteiger charge is 2.21. The van der Waals surface area contributed by atoms with Crippen LogP contribution in [-0.4, -0.2) is 37.6 Å². The molecule has 0 bridgehead atoms. The molecule has 1 unspecified atom stereocenters. The van der Waals surface area contributed by atoms with E-state index in [0.29, 0.717) is 18.7 Å². The van der Waals surface area contributed by atoms with E-state index >= 15 is 0 Å². The van der Waals surface area contributed by atoms with Crippen molar-refractivity contribution in [1.82, 2.24) is 10.3 Å². The predicted molar refractivity (Wildman–Crippen MR) is 109 cm³/mol. The lowest BCUT2D eigenvalue weighted by Gasteiger charge is -2.19. The van der Waals surface area contributed by atoms with Crippen molar-refractivity contribution in [2.45, 2.75) is 19.5 Å². The van der Waals surface area contributed by atoms with Crippen LogP contribution in [0.1, 0.15) is 33.9 Å². The number of benzene rings is 2. The second-order valence-electron chi connectivity index (χ2n) is 6.73. The lowest BCUT2D eigenvalue weighted by Crippen LogP contribution is -3.10. The topological polar surface area (TPSA) is 72.7 Å². The number of carbonyl (C=O) groups is 2. The largest absolute Gasteiger partial charge is 0.465 e. The molecular formula is C21H24N3O3S+. The van der Waals surface area contributed by atoms with Crippen LogP contribution in [0.3, 0.4) is 0 Å². The van der Waals surface area contributed by atoms with Gasteiger partial charge < -0.3 is 15.0 Å². The van der Waals surface area contributed by atoms with E-state index in [9.17, 15) is 9.59 Å². The molecule has 1 aromatic heterocycles. The van der Waals surface area contributed by atoms with E-state index in [1.807, 2.05) is 37.4 Å². The third-order valence-electron chi connectivity index (χ3n) is 4.72. The molecule has 28 heavy (non-hydrogen) atoms.